The Hall–Kier alpha value is -4.76. The molecule has 5 aromatic rings. The van der Waals surface area contributed by atoms with Crippen molar-refractivity contribution in [2.45, 2.75) is 70.7 Å². The smallest absolute Gasteiger partial charge is 0.251 e. The molecule has 0 aliphatic carbocycles. The summed E-state index contributed by atoms with van der Waals surface area (Å²) in [6, 6.07) is 12.7. The molecule has 0 atom stereocenters. The number of ether oxygens (including phenoxy) is 2. The first kappa shape index (κ1) is 38.9. The lowest BCUT2D eigenvalue weighted by atomic mass is 10.0. The molecule has 2 saturated heterocycles. The van der Waals surface area contributed by atoms with Crippen LogP contribution in [0.4, 0.5) is 4.39 Å². The Morgan fingerprint density at radius 3 is 1.74 bits per heavy atom. The number of nitrogens with one attached hydrogen (secondary N) is 1. The summed E-state index contributed by atoms with van der Waals surface area (Å²) in [7, 11) is 3.20. The third-order valence-corrected chi connectivity index (χ3v) is 10.5. The maximum Gasteiger partial charge on any atom is 0.251 e. The van der Waals surface area contributed by atoms with Crippen LogP contribution in [0.5, 0.6) is 11.5 Å². The van der Waals surface area contributed by atoms with Crippen LogP contribution in [0, 0.1) is 5.82 Å². The van der Waals surface area contributed by atoms with E-state index in [0.717, 1.165) is 92.6 Å². The molecule has 7 rings (SSSR count). The van der Waals surface area contributed by atoms with Gasteiger partial charge in [-0.1, -0.05) is 6.92 Å². The number of hydrogen-bond acceptors (Lipinski definition) is 11. The van der Waals surface area contributed by atoms with E-state index in [9.17, 15) is 14.0 Å². The van der Waals surface area contributed by atoms with Crippen molar-refractivity contribution in [1.82, 2.24) is 39.2 Å². The van der Waals surface area contributed by atoms with Crippen molar-refractivity contribution < 1.29 is 13.9 Å². The maximum atomic E-state index is 13.9. The van der Waals surface area contributed by atoms with Gasteiger partial charge in [-0.2, -0.15) is 0 Å². The number of piperidine rings is 2. The van der Waals surface area contributed by atoms with Gasteiger partial charge in [-0.15, -0.1) is 0 Å². The topological polar surface area (TPSA) is 146 Å². The molecule has 0 bridgehead atoms. The van der Waals surface area contributed by atoms with Crippen LogP contribution in [-0.2, 0) is 26.1 Å². The van der Waals surface area contributed by atoms with Gasteiger partial charge in [0.25, 0.3) is 11.1 Å². The average Bonchev–Trinajstić information content (AvgIpc) is 3.20. The van der Waals surface area contributed by atoms with Crippen LogP contribution in [0.1, 0.15) is 43.9 Å². The Kier molecular flexibility index (Phi) is 13.4. The van der Waals surface area contributed by atoms with Crippen molar-refractivity contribution >= 4 is 22.1 Å². The fourth-order valence-electron chi connectivity index (χ4n) is 7.13. The molecule has 0 radical (unpaired) electrons. The normalized spacial score (nSPS) is 16.0. The molecule has 13 nitrogen and oxygen atoms in total. The number of aryl methyl sites for hydroxylation is 1. The highest BCUT2D eigenvalue weighted by Crippen LogP contribution is 2.19. The summed E-state index contributed by atoms with van der Waals surface area (Å²) >= 11 is 0. The second-order valence-electron chi connectivity index (χ2n) is 14.0. The summed E-state index contributed by atoms with van der Waals surface area (Å²) in [5.74, 6) is 1.08. The molecular formula is C40H52FN9O4. The zero-order valence-electron chi connectivity index (χ0n) is 31.5. The number of aromatic nitrogens is 5. The first-order chi connectivity index (χ1) is 26.2. The number of hydrogen-bond donors (Lipinski definition) is 2. The van der Waals surface area contributed by atoms with Crippen molar-refractivity contribution in [1.29, 1.82) is 0 Å². The highest BCUT2D eigenvalue weighted by Gasteiger charge is 2.20. The van der Waals surface area contributed by atoms with Gasteiger partial charge in [-0.25, -0.2) is 4.39 Å². The van der Waals surface area contributed by atoms with Crippen LogP contribution in [0.2, 0.25) is 0 Å². The number of rotatable bonds is 12. The highest BCUT2D eigenvalue weighted by molar-refractivity contribution is 5.76. The first-order valence-electron chi connectivity index (χ1n) is 18.9. The number of nitrogens with two attached hydrogens (primary N) is 1. The van der Waals surface area contributed by atoms with E-state index in [-0.39, 0.29) is 16.9 Å². The third-order valence-electron chi connectivity index (χ3n) is 10.5. The summed E-state index contributed by atoms with van der Waals surface area (Å²) < 4.78 is 28.0. The Balaban J connectivity index is 0.000000197. The molecule has 3 N–H and O–H groups in total. The summed E-state index contributed by atoms with van der Waals surface area (Å²) in [4.78, 5) is 42.4. The number of fused-ring (bicyclic) bond motifs is 2. The lowest BCUT2D eigenvalue weighted by Crippen LogP contribution is -2.43. The number of pyridine rings is 5. The Bertz CT molecular complexity index is 2130. The molecule has 2 aliphatic heterocycles. The van der Waals surface area contributed by atoms with Gasteiger partial charge in [0.15, 0.2) is 0 Å². The molecular weight excluding hydrogens is 689 g/mol. The van der Waals surface area contributed by atoms with E-state index in [1.807, 2.05) is 19.1 Å². The SMILES string of the molecule is CCc1ncc(CNC2CCN(CCn3c(=O)ccc4ncc(OC)cc43)CC2)cc1F.COc1cnc2ccc(=O)n(CCN3CCC(N)CC3)c2c1. The molecule has 0 aromatic carbocycles. The van der Waals surface area contributed by atoms with Gasteiger partial charge < -0.3 is 39.5 Å². The van der Waals surface area contributed by atoms with E-state index in [2.05, 4.69) is 30.1 Å². The lowest BCUT2D eigenvalue weighted by molar-refractivity contribution is 0.191. The largest absolute Gasteiger partial charge is 0.495 e. The minimum atomic E-state index is -0.224. The number of halogens is 1. The van der Waals surface area contributed by atoms with Crippen molar-refractivity contribution in [2.24, 2.45) is 5.73 Å². The van der Waals surface area contributed by atoms with Crippen molar-refractivity contribution in [3.63, 3.8) is 0 Å². The minimum Gasteiger partial charge on any atom is -0.495 e. The van der Waals surface area contributed by atoms with E-state index >= 15 is 0 Å². The van der Waals surface area contributed by atoms with Gasteiger partial charge in [-0.3, -0.25) is 24.5 Å². The van der Waals surface area contributed by atoms with Gasteiger partial charge in [0.1, 0.15) is 17.3 Å². The van der Waals surface area contributed by atoms with Gasteiger partial charge in [0, 0.05) is 75.3 Å². The second kappa shape index (κ2) is 18.5. The van der Waals surface area contributed by atoms with Crippen LogP contribution in [-0.4, -0.2) is 99.5 Å². The average molecular weight is 742 g/mol. The first-order valence-corrected chi connectivity index (χ1v) is 18.9. The van der Waals surface area contributed by atoms with Crippen LogP contribution in [0.3, 0.4) is 0 Å². The molecule has 2 fully saturated rings. The Morgan fingerprint density at radius 1 is 0.741 bits per heavy atom. The van der Waals surface area contributed by atoms with Crippen LogP contribution in [0.25, 0.3) is 22.1 Å². The van der Waals surface area contributed by atoms with Crippen molar-refractivity contribution in [2.75, 3.05) is 53.5 Å². The van der Waals surface area contributed by atoms with E-state index in [4.69, 9.17) is 15.2 Å². The third kappa shape index (κ3) is 9.85. The fraction of sp³-hybridized carbons (Fsp3) is 0.475. The van der Waals surface area contributed by atoms with E-state index in [1.54, 1.807) is 72.3 Å². The molecule has 5 aromatic heterocycles. The van der Waals surface area contributed by atoms with Crippen LogP contribution < -0.4 is 31.6 Å². The number of methoxy groups -OCH3 is 2. The van der Waals surface area contributed by atoms with Gasteiger partial charge in [0.2, 0.25) is 0 Å². The van der Waals surface area contributed by atoms with E-state index < -0.39 is 0 Å². The maximum absolute atomic E-state index is 13.9. The predicted octanol–water partition coefficient (Wildman–Crippen LogP) is 3.58. The van der Waals surface area contributed by atoms with Crippen molar-refractivity contribution in [3.8, 4) is 11.5 Å². The summed E-state index contributed by atoms with van der Waals surface area (Å²) in [5.41, 5.74) is 10.5. The Morgan fingerprint density at radius 2 is 1.26 bits per heavy atom. The van der Waals surface area contributed by atoms with Crippen LogP contribution >= 0.6 is 0 Å². The standard InChI is InChI=1S/C24H30FN5O2.C16H22N4O2/c1-3-21-20(25)12-17(15-27-21)14-26-18-6-8-29(9-7-18)10-11-30-23-13-19(32-2)16-28-22(23)4-5-24(30)31;1-22-13-10-15-14(18-11-13)2-3-16(21)20(15)9-8-19-6-4-12(17)5-7-19/h4-5,12-13,15-16,18,26H,3,6-11,14H2,1-2H3;2-3,10-12H,4-9,17H2,1H3. The lowest BCUT2D eigenvalue weighted by Gasteiger charge is -2.32. The van der Waals surface area contributed by atoms with E-state index in [1.165, 1.54) is 0 Å². The molecule has 0 spiro atoms. The predicted molar refractivity (Wildman–Crippen MR) is 209 cm³/mol. The van der Waals surface area contributed by atoms with Gasteiger partial charge >= 0.3 is 0 Å². The summed E-state index contributed by atoms with van der Waals surface area (Å²) in [6.07, 6.45) is 9.79. The Labute approximate surface area is 314 Å². The molecule has 0 unspecified atom stereocenters. The molecule has 2 aliphatic rings. The zero-order valence-corrected chi connectivity index (χ0v) is 31.5. The molecule has 288 valence electrons. The summed E-state index contributed by atoms with van der Waals surface area (Å²) in [6.45, 7) is 9.36. The van der Waals surface area contributed by atoms with Gasteiger partial charge in [-0.05, 0) is 82.0 Å². The monoisotopic (exact) mass is 741 g/mol. The number of likely N-dealkylation sites (tertiary alicyclic amines) is 2. The molecule has 0 amide bonds. The fourth-order valence-corrected chi connectivity index (χ4v) is 7.13. The molecule has 54 heavy (non-hydrogen) atoms. The van der Waals surface area contributed by atoms with E-state index in [0.29, 0.717) is 55.3 Å². The quantitative estimate of drug-likeness (QED) is 0.194. The summed E-state index contributed by atoms with van der Waals surface area (Å²) in [5, 5.41) is 3.53. The number of nitrogens with zero attached hydrogens (tertiary/aromatic N) is 7. The van der Waals surface area contributed by atoms with Crippen molar-refractivity contribution in [3.05, 3.63) is 98.8 Å². The molecule has 14 heteroatoms. The minimum absolute atomic E-state index is 0.00346. The van der Waals surface area contributed by atoms with Crippen LogP contribution in [0.15, 0.2) is 70.6 Å². The molecule has 0 saturated carbocycles. The second-order valence-corrected chi connectivity index (χ2v) is 14.0. The highest BCUT2D eigenvalue weighted by atomic mass is 19.1. The zero-order chi connectivity index (χ0) is 38.0. The molecule has 7 heterocycles. The van der Waals surface area contributed by atoms with Gasteiger partial charge in [0.05, 0.1) is 54.4 Å².